The fraction of sp³-hybridized carbons (Fsp3) is 1.00. The zero-order valence-electron chi connectivity index (χ0n) is 15.5. The van der Waals surface area contributed by atoms with Gasteiger partial charge in [0.15, 0.2) is 0 Å². The van der Waals surface area contributed by atoms with Crippen LogP contribution in [0.3, 0.4) is 0 Å². The standard InChI is InChI=1S/C19H30N6/c1-18-8-3-4-14(18)13-6-5-12-10-16(22-24-20)17(23-25-21)11-19(12,2)15(13)7-9-18/h12-17H,3-11H2,1-2H3/t12-,13+,14-,15-,16-,17+,18-,19-/m0/s1. The van der Waals surface area contributed by atoms with E-state index in [0.29, 0.717) is 11.3 Å². The molecule has 0 aromatic heterocycles. The third-order valence-corrected chi connectivity index (χ3v) is 8.87. The van der Waals surface area contributed by atoms with Gasteiger partial charge in [0.1, 0.15) is 0 Å². The van der Waals surface area contributed by atoms with Crippen molar-refractivity contribution in [2.45, 2.75) is 83.7 Å². The van der Waals surface area contributed by atoms with E-state index in [-0.39, 0.29) is 17.5 Å². The normalized spacial score (nSPS) is 51.3. The summed E-state index contributed by atoms with van der Waals surface area (Å²) in [7, 11) is 0. The highest BCUT2D eigenvalue weighted by molar-refractivity contribution is 5.10. The lowest BCUT2D eigenvalue weighted by atomic mass is 9.44. The quantitative estimate of drug-likeness (QED) is 0.316. The summed E-state index contributed by atoms with van der Waals surface area (Å²) in [5, 5.41) is 8.04. The minimum atomic E-state index is -0.169. The first kappa shape index (κ1) is 17.1. The highest BCUT2D eigenvalue weighted by atomic mass is 15.2. The van der Waals surface area contributed by atoms with E-state index in [2.05, 4.69) is 33.9 Å². The van der Waals surface area contributed by atoms with Gasteiger partial charge in [-0.1, -0.05) is 30.5 Å². The summed E-state index contributed by atoms with van der Waals surface area (Å²) in [5.41, 5.74) is 18.7. The Morgan fingerprint density at radius 2 is 1.64 bits per heavy atom. The molecule has 0 aliphatic heterocycles. The van der Waals surface area contributed by atoms with Crippen LogP contribution in [-0.4, -0.2) is 12.1 Å². The molecule has 0 unspecified atom stereocenters. The molecule has 0 spiro atoms. The van der Waals surface area contributed by atoms with Crippen LogP contribution in [0.2, 0.25) is 0 Å². The third-order valence-electron chi connectivity index (χ3n) is 8.87. The summed E-state index contributed by atoms with van der Waals surface area (Å²) in [6, 6.07) is -0.325. The average Bonchev–Trinajstić information content (AvgIpc) is 2.98. The Labute approximate surface area is 150 Å². The Morgan fingerprint density at radius 3 is 2.40 bits per heavy atom. The number of nitrogens with zero attached hydrogens (tertiary/aromatic N) is 6. The van der Waals surface area contributed by atoms with Gasteiger partial charge < -0.3 is 0 Å². The lowest BCUT2D eigenvalue weighted by Gasteiger charge is -2.61. The molecule has 0 saturated heterocycles. The predicted octanol–water partition coefficient (Wildman–Crippen LogP) is 6.39. The number of azide groups is 2. The van der Waals surface area contributed by atoms with Crippen LogP contribution in [-0.2, 0) is 0 Å². The van der Waals surface area contributed by atoms with Crippen molar-refractivity contribution in [1.82, 2.24) is 0 Å². The molecule has 0 heterocycles. The molecule has 4 rings (SSSR count). The van der Waals surface area contributed by atoms with E-state index in [4.69, 9.17) is 11.1 Å². The molecule has 0 amide bonds. The zero-order valence-corrected chi connectivity index (χ0v) is 15.5. The summed E-state index contributed by atoms with van der Waals surface area (Å²) >= 11 is 0. The van der Waals surface area contributed by atoms with Gasteiger partial charge >= 0.3 is 0 Å². The molecule has 8 atom stereocenters. The van der Waals surface area contributed by atoms with E-state index in [0.717, 1.165) is 30.6 Å². The molecule has 4 aliphatic carbocycles. The van der Waals surface area contributed by atoms with E-state index >= 15 is 0 Å². The summed E-state index contributed by atoms with van der Waals surface area (Å²) in [4.78, 5) is 6.10. The van der Waals surface area contributed by atoms with E-state index in [9.17, 15) is 0 Å². The van der Waals surface area contributed by atoms with Crippen molar-refractivity contribution in [1.29, 1.82) is 0 Å². The van der Waals surface area contributed by atoms with E-state index < -0.39 is 0 Å². The highest BCUT2D eigenvalue weighted by Gasteiger charge is 2.58. The smallest absolute Gasteiger partial charge is 0.0463 e. The van der Waals surface area contributed by atoms with E-state index in [1.165, 1.54) is 44.9 Å². The van der Waals surface area contributed by atoms with Crippen LogP contribution < -0.4 is 0 Å². The van der Waals surface area contributed by atoms with Gasteiger partial charge in [-0.25, -0.2) is 0 Å². The molecule has 4 fully saturated rings. The first-order valence-electron chi connectivity index (χ1n) is 10.1. The van der Waals surface area contributed by atoms with Crippen LogP contribution in [0.5, 0.6) is 0 Å². The van der Waals surface area contributed by atoms with Gasteiger partial charge in [0, 0.05) is 21.9 Å². The molecule has 0 radical (unpaired) electrons. The molecule has 6 nitrogen and oxygen atoms in total. The maximum atomic E-state index is 9.00. The fourth-order valence-electron chi connectivity index (χ4n) is 7.64. The first-order chi connectivity index (χ1) is 12.0. The van der Waals surface area contributed by atoms with E-state index in [1.54, 1.807) is 0 Å². The lowest BCUT2D eigenvalue weighted by molar-refractivity contribution is -0.108. The second kappa shape index (κ2) is 6.10. The molecule has 0 aromatic carbocycles. The number of hydrogen-bond acceptors (Lipinski definition) is 2. The monoisotopic (exact) mass is 342 g/mol. The van der Waals surface area contributed by atoms with Crippen LogP contribution in [0, 0.1) is 34.5 Å². The zero-order chi connectivity index (χ0) is 17.7. The third kappa shape index (κ3) is 2.53. The van der Waals surface area contributed by atoms with Crippen molar-refractivity contribution in [2.75, 3.05) is 0 Å². The maximum Gasteiger partial charge on any atom is 0.0463 e. The molecule has 136 valence electrons. The predicted molar refractivity (Wildman–Crippen MR) is 97.6 cm³/mol. The van der Waals surface area contributed by atoms with Crippen LogP contribution in [0.4, 0.5) is 0 Å². The number of hydrogen-bond donors (Lipinski definition) is 0. The summed E-state index contributed by atoms with van der Waals surface area (Å²) in [5.74, 6) is 3.12. The topological polar surface area (TPSA) is 97.5 Å². The molecular formula is C19H30N6. The summed E-state index contributed by atoms with van der Waals surface area (Å²) in [6.45, 7) is 4.99. The van der Waals surface area contributed by atoms with Crippen LogP contribution in [0.1, 0.15) is 71.6 Å². The van der Waals surface area contributed by atoms with Gasteiger partial charge in [0.2, 0.25) is 0 Å². The molecule has 6 heteroatoms. The second-order valence-corrected chi connectivity index (χ2v) is 9.73. The Balaban J connectivity index is 1.64. The average molecular weight is 342 g/mol. The first-order valence-corrected chi connectivity index (χ1v) is 10.1. The SMILES string of the molecule is C[C@@]12CCC[C@H]1[C@H]1CC[C@H]3C[C@H](N=[N+]=[N-])[C@H](N=[N+]=[N-])C[C@]3(C)[C@H]1CC2. The molecule has 4 aliphatic rings. The molecule has 0 aromatic rings. The van der Waals surface area contributed by atoms with Crippen LogP contribution in [0.25, 0.3) is 20.9 Å². The van der Waals surface area contributed by atoms with Crippen LogP contribution in [0.15, 0.2) is 10.2 Å². The van der Waals surface area contributed by atoms with Gasteiger partial charge in [-0.2, -0.15) is 0 Å². The van der Waals surface area contributed by atoms with Gasteiger partial charge in [-0.15, -0.1) is 0 Å². The van der Waals surface area contributed by atoms with Crippen molar-refractivity contribution in [3.8, 4) is 0 Å². The Bertz CT molecular complexity index is 636. The number of fused-ring (bicyclic) bond motifs is 5. The molecule has 0 N–H and O–H groups in total. The minimum Gasteiger partial charge on any atom is -0.0902 e. The molecule has 0 bridgehead atoms. The van der Waals surface area contributed by atoms with Crippen LogP contribution >= 0.6 is 0 Å². The summed E-state index contributed by atoms with van der Waals surface area (Å²) < 4.78 is 0. The number of rotatable bonds is 2. The Hall–Kier alpha value is -1.38. The lowest BCUT2D eigenvalue weighted by Crippen LogP contribution is -2.55. The van der Waals surface area contributed by atoms with Gasteiger partial charge in [-0.05, 0) is 96.9 Å². The molecule has 4 saturated carbocycles. The second-order valence-electron chi connectivity index (χ2n) is 9.73. The Morgan fingerprint density at radius 1 is 0.880 bits per heavy atom. The van der Waals surface area contributed by atoms with Crippen molar-refractivity contribution in [3.63, 3.8) is 0 Å². The Kier molecular flexibility index (Phi) is 4.16. The maximum absolute atomic E-state index is 9.00. The van der Waals surface area contributed by atoms with Crippen molar-refractivity contribution in [3.05, 3.63) is 20.9 Å². The molecular weight excluding hydrogens is 312 g/mol. The molecule has 25 heavy (non-hydrogen) atoms. The fourth-order valence-corrected chi connectivity index (χ4v) is 7.64. The largest absolute Gasteiger partial charge is 0.0902 e. The van der Waals surface area contributed by atoms with Gasteiger partial charge in [0.25, 0.3) is 0 Å². The van der Waals surface area contributed by atoms with Crippen molar-refractivity contribution >= 4 is 0 Å². The van der Waals surface area contributed by atoms with Gasteiger partial charge in [0.05, 0.1) is 0 Å². The van der Waals surface area contributed by atoms with Crippen molar-refractivity contribution < 1.29 is 0 Å². The van der Waals surface area contributed by atoms with Gasteiger partial charge in [-0.3, -0.25) is 0 Å². The van der Waals surface area contributed by atoms with Crippen molar-refractivity contribution in [2.24, 2.45) is 44.7 Å². The van der Waals surface area contributed by atoms with E-state index in [1.807, 2.05) is 0 Å². The highest BCUT2D eigenvalue weighted by Crippen LogP contribution is 2.66. The summed E-state index contributed by atoms with van der Waals surface area (Å²) in [6.07, 6.45) is 11.3. The minimum absolute atomic E-state index is 0.157.